The second-order valence-corrected chi connectivity index (χ2v) is 3.73. The molecule has 0 saturated heterocycles. The van der Waals surface area contributed by atoms with Crippen LogP contribution in [0.25, 0.3) is 0 Å². The number of aliphatic hydroxyl groups excluding tert-OH is 1. The first-order valence-corrected chi connectivity index (χ1v) is 5.20. The average Bonchev–Trinajstić information content (AvgIpc) is 2.17. The fraction of sp³-hybridized carbons (Fsp3) is 0.583. The third-order valence-corrected chi connectivity index (χ3v) is 2.13. The molecule has 0 aliphatic heterocycles. The van der Waals surface area contributed by atoms with E-state index in [2.05, 4.69) is 0 Å². The largest absolute Gasteiger partial charge is 0.481 e. The summed E-state index contributed by atoms with van der Waals surface area (Å²) >= 11 is 0. The van der Waals surface area contributed by atoms with Gasteiger partial charge in [-0.05, 0) is 33.1 Å². The third-order valence-electron chi connectivity index (χ3n) is 2.13. The summed E-state index contributed by atoms with van der Waals surface area (Å²) in [5, 5.41) is 17.2. The van der Waals surface area contributed by atoms with Gasteiger partial charge in [0.05, 0.1) is 6.61 Å². The van der Waals surface area contributed by atoms with E-state index in [0.29, 0.717) is 6.42 Å². The van der Waals surface area contributed by atoms with Gasteiger partial charge in [0.2, 0.25) is 0 Å². The van der Waals surface area contributed by atoms with Gasteiger partial charge in [-0.1, -0.05) is 23.3 Å². The van der Waals surface area contributed by atoms with Crippen molar-refractivity contribution in [1.29, 1.82) is 0 Å². The molecule has 3 heteroatoms. The molecule has 0 amide bonds. The van der Waals surface area contributed by atoms with Crippen LogP contribution in [0.1, 0.15) is 39.5 Å². The molecule has 3 nitrogen and oxygen atoms in total. The molecule has 0 unspecified atom stereocenters. The zero-order valence-corrected chi connectivity index (χ0v) is 9.49. The van der Waals surface area contributed by atoms with Crippen LogP contribution < -0.4 is 0 Å². The number of carbonyl (C=O) groups is 1. The maximum atomic E-state index is 10.3. The van der Waals surface area contributed by atoms with Crippen molar-refractivity contribution in [1.82, 2.24) is 0 Å². The van der Waals surface area contributed by atoms with Crippen LogP contribution in [0.2, 0.25) is 0 Å². The van der Waals surface area contributed by atoms with E-state index in [4.69, 9.17) is 10.2 Å². The minimum Gasteiger partial charge on any atom is -0.481 e. The predicted octanol–water partition coefficient (Wildman–Crippen LogP) is 2.52. The number of aliphatic carboxylic acids is 1. The molecule has 0 aromatic heterocycles. The lowest BCUT2D eigenvalue weighted by Gasteiger charge is -1.99. The molecule has 2 N–H and O–H groups in total. The molecular weight excluding hydrogens is 192 g/mol. The molecule has 0 rings (SSSR count). The van der Waals surface area contributed by atoms with Crippen LogP contribution in [0.3, 0.4) is 0 Å². The number of carboxylic acids is 1. The second-order valence-electron chi connectivity index (χ2n) is 3.73. The summed E-state index contributed by atoms with van der Waals surface area (Å²) in [6.45, 7) is 4.01. The Bertz CT molecular complexity index is 252. The average molecular weight is 212 g/mol. The van der Waals surface area contributed by atoms with Gasteiger partial charge < -0.3 is 10.2 Å². The van der Waals surface area contributed by atoms with Crippen molar-refractivity contribution in [2.24, 2.45) is 0 Å². The van der Waals surface area contributed by atoms with E-state index in [1.54, 1.807) is 0 Å². The Labute approximate surface area is 91.1 Å². The molecule has 0 aromatic carbocycles. The minimum atomic E-state index is -0.755. The molecule has 0 bridgehead atoms. The lowest BCUT2D eigenvalue weighted by Crippen LogP contribution is -1.92. The van der Waals surface area contributed by atoms with Gasteiger partial charge in [-0.2, -0.15) is 0 Å². The van der Waals surface area contributed by atoms with Crippen LogP contribution in [-0.2, 0) is 4.79 Å². The number of allylic oxidation sites excluding steroid dienone is 3. The molecule has 15 heavy (non-hydrogen) atoms. The molecule has 0 aliphatic rings. The second kappa shape index (κ2) is 8.24. The summed E-state index contributed by atoms with van der Waals surface area (Å²) < 4.78 is 0. The SMILES string of the molecule is CC(=CCC/C(C)=C/CCC(=O)O)CO. The summed E-state index contributed by atoms with van der Waals surface area (Å²) in [7, 11) is 0. The molecule has 0 radical (unpaired) electrons. The molecule has 0 fully saturated rings. The van der Waals surface area contributed by atoms with Gasteiger partial charge in [0.1, 0.15) is 0 Å². The summed E-state index contributed by atoms with van der Waals surface area (Å²) in [4.78, 5) is 10.3. The lowest BCUT2D eigenvalue weighted by atomic mass is 10.1. The summed E-state index contributed by atoms with van der Waals surface area (Å²) in [5.41, 5.74) is 2.19. The fourth-order valence-electron chi connectivity index (χ4n) is 1.15. The zero-order valence-electron chi connectivity index (χ0n) is 9.49. The van der Waals surface area contributed by atoms with Crippen LogP contribution in [0.15, 0.2) is 23.3 Å². The Morgan fingerprint density at radius 1 is 1.07 bits per heavy atom. The number of aliphatic hydroxyl groups is 1. The Morgan fingerprint density at radius 3 is 2.13 bits per heavy atom. The Morgan fingerprint density at radius 2 is 1.60 bits per heavy atom. The molecule has 0 spiro atoms. The Kier molecular flexibility index (Phi) is 7.64. The van der Waals surface area contributed by atoms with Gasteiger partial charge in [-0.3, -0.25) is 4.79 Å². The first-order valence-electron chi connectivity index (χ1n) is 5.20. The first-order chi connectivity index (χ1) is 7.06. The van der Waals surface area contributed by atoms with Crippen molar-refractivity contribution < 1.29 is 15.0 Å². The van der Waals surface area contributed by atoms with E-state index in [1.165, 1.54) is 5.57 Å². The maximum absolute atomic E-state index is 10.3. The van der Waals surface area contributed by atoms with E-state index in [1.807, 2.05) is 26.0 Å². The van der Waals surface area contributed by atoms with Crippen molar-refractivity contribution >= 4 is 5.97 Å². The highest BCUT2D eigenvalue weighted by atomic mass is 16.4. The maximum Gasteiger partial charge on any atom is 0.303 e. The standard InChI is InChI=1S/C12H20O3/c1-10(6-4-8-12(14)15)5-3-7-11(2)9-13/h6-7,13H,3-5,8-9H2,1-2H3,(H,14,15)/b10-6+,11-7?. The lowest BCUT2D eigenvalue weighted by molar-refractivity contribution is -0.136. The molecular formula is C12H20O3. The molecule has 0 aliphatic carbocycles. The number of rotatable bonds is 7. The topological polar surface area (TPSA) is 57.5 Å². The van der Waals surface area contributed by atoms with Gasteiger partial charge in [-0.25, -0.2) is 0 Å². The zero-order chi connectivity index (χ0) is 11.7. The van der Waals surface area contributed by atoms with Gasteiger partial charge in [0.15, 0.2) is 0 Å². The number of hydrogen-bond donors (Lipinski definition) is 2. The first kappa shape index (κ1) is 13.9. The predicted molar refractivity (Wildman–Crippen MR) is 60.7 cm³/mol. The Balaban J connectivity index is 3.73. The monoisotopic (exact) mass is 212 g/mol. The van der Waals surface area contributed by atoms with Gasteiger partial charge >= 0.3 is 5.97 Å². The normalized spacial score (nSPS) is 13.0. The highest BCUT2D eigenvalue weighted by Gasteiger charge is 1.94. The highest BCUT2D eigenvalue weighted by Crippen LogP contribution is 2.08. The summed E-state index contributed by atoms with van der Waals surface area (Å²) in [6.07, 6.45) is 6.61. The quantitative estimate of drug-likeness (QED) is 0.637. The molecule has 0 saturated carbocycles. The third kappa shape index (κ3) is 9.22. The van der Waals surface area contributed by atoms with Crippen LogP contribution >= 0.6 is 0 Å². The summed E-state index contributed by atoms with van der Waals surface area (Å²) in [5.74, 6) is -0.755. The van der Waals surface area contributed by atoms with Crippen LogP contribution in [-0.4, -0.2) is 22.8 Å². The molecule has 0 heterocycles. The van der Waals surface area contributed by atoms with E-state index in [0.717, 1.165) is 18.4 Å². The van der Waals surface area contributed by atoms with E-state index < -0.39 is 5.97 Å². The van der Waals surface area contributed by atoms with Gasteiger partial charge in [0, 0.05) is 6.42 Å². The summed E-state index contributed by atoms with van der Waals surface area (Å²) in [6, 6.07) is 0. The smallest absolute Gasteiger partial charge is 0.303 e. The van der Waals surface area contributed by atoms with Crippen molar-refractivity contribution in [3.8, 4) is 0 Å². The molecule has 0 aromatic rings. The Hall–Kier alpha value is -1.09. The van der Waals surface area contributed by atoms with Gasteiger partial charge in [-0.15, -0.1) is 0 Å². The minimum absolute atomic E-state index is 0.113. The van der Waals surface area contributed by atoms with Crippen molar-refractivity contribution in [3.63, 3.8) is 0 Å². The van der Waals surface area contributed by atoms with Gasteiger partial charge in [0.25, 0.3) is 0 Å². The number of hydrogen-bond acceptors (Lipinski definition) is 2. The van der Waals surface area contributed by atoms with Crippen molar-refractivity contribution in [2.45, 2.75) is 39.5 Å². The molecule has 86 valence electrons. The highest BCUT2D eigenvalue weighted by molar-refractivity contribution is 5.66. The van der Waals surface area contributed by atoms with E-state index in [9.17, 15) is 4.79 Å². The van der Waals surface area contributed by atoms with Crippen LogP contribution in [0, 0.1) is 0 Å². The fourth-order valence-corrected chi connectivity index (χ4v) is 1.15. The van der Waals surface area contributed by atoms with Crippen LogP contribution in [0.5, 0.6) is 0 Å². The number of carboxylic acid groups (broad SMARTS) is 1. The molecule has 0 atom stereocenters. The van der Waals surface area contributed by atoms with E-state index in [-0.39, 0.29) is 13.0 Å². The van der Waals surface area contributed by atoms with E-state index >= 15 is 0 Å². The van der Waals surface area contributed by atoms with Crippen molar-refractivity contribution in [2.75, 3.05) is 6.61 Å². The van der Waals surface area contributed by atoms with Crippen LogP contribution in [0.4, 0.5) is 0 Å². The van der Waals surface area contributed by atoms with Crippen molar-refractivity contribution in [3.05, 3.63) is 23.3 Å².